The van der Waals surface area contributed by atoms with Gasteiger partial charge in [0.05, 0.1) is 6.61 Å². The molecule has 4 heteroatoms. The third kappa shape index (κ3) is 2.90. The van der Waals surface area contributed by atoms with E-state index < -0.39 is 11.9 Å². The smallest absolute Gasteiger partial charge is 0.397 e. The summed E-state index contributed by atoms with van der Waals surface area (Å²) in [4.78, 5) is 22.0. The van der Waals surface area contributed by atoms with Gasteiger partial charge in [0.1, 0.15) is 0 Å². The Balaban J connectivity index is 2.53. The van der Waals surface area contributed by atoms with Crippen LogP contribution >= 0.6 is 0 Å². The number of esters is 1. The van der Waals surface area contributed by atoms with E-state index in [2.05, 4.69) is 16.1 Å². The van der Waals surface area contributed by atoms with E-state index >= 15 is 0 Å². The summed E-state index contributed by atoms with van der Waals surface area (Å²) in [6.07, 6.45) is 0. The number of hydrogen-bond donors (Lipinski definition) is 1. The fourth-order valence-corrected chi connectivity index (χ4v) is 0.849. The maximum atomic E-state index is 11.1. The Morgan fingerprint density at radius 2 is 2.07 bits per heavy atom. The van der Waals surface area contributed by atoms with Crippen LogP contribution in [-0.4, -0.2) is 18.5 Å². The van der Waals surface area contributed by atoms with E-state index in [1.165, 1.54) is 0 Å². The molecule has 0 fully saturated rings. The van der Waals surface area contributed by atoms with E-state index in [1.807, 2.05) is 0 Å². The van der Waals surface area contributed by atoms with Crippen LogP contribution < -0.4 is 5.32 Å². The Bertz CT molecular complexity index is 321. The maximum absolute atomic E-state index is 11.1. The van der Waals surface area contributed by atoms with Crippen molar-refractivity contribution < 1.29 is 14.3 Å². The zero-order chi connectivity index (χ0) is 10.4. The first kappa shape index (κ1) is 10.2. The first-order valence-electron chi connectivity index (χ1n) is 4.18. The standard InChI is InChI=1S/C10H10NO3/c1-2-14-10(13)9(12)11-8-6-4-3-5-7-8/h4-7H,2H2,1H3,(H,11,12). The largest absolute Gasteiger partial charge is 0.459 e. The van der Waals surface area contributed by atoms with Crippen LogP contribution in [-0.2, 0) is 14.3 Å². The van der Waals surface area contributed by atoms with E-state index in [-0.39, 0.29) is 6.61 Å². The molecular weight excluding hydrogens is 182 g/mol. The number of nitrogens with one attached hydrogen (secondary N) is 1. The first-order chi connectivity index (χ1) is 6.74. The normalized spacial score (nSPS) is 9.21. The van der Waals surface area contributed by atoms with Crippen molar-refractivity contribution >= 4 is 17.6 Å². The Kier molecular flexibility index (Phi) is 3.67. The number of amides is 1. The van der Waals surface area contributed by atoms with Crippen LogP contribution in [0.15, 0.2) is 24.3 Å². The molecule has 4 nitrogen and oxygen atoms in total. The third-order valence-corrected chi connectivity index (χ3v) is 1.44. The molecule has 0 unspecified atom stereocenters. The van der Waals surface area contributed by atoms with Crippen LogP contribution in [0.5, 0.6) is 0 Å². The number of carbonyl (C=O) groups is 2. The lowest BCUT2D eigenvalue weighted by molar-refractivity contribution is -0.152. The van der Waals surface area contributed by atoms with Gasteiger partial charge in [0, 0.05) is 5.69 Å². The molecule has 0 aliphatic rings. The molecule has 0 spiro atoms. The monoisotopic (exact) mass is 192 g/mol. The van der Waals surface area contributed by atoms with Gasteiger partial charge in [0.25, 0.3) is 0 Å². The van der Waals surface area contributed by atoms with Gasteiger partial charge >= 0.3 is 11.9 Å². The van der Waals surface area contributed by atoms with Gasteiger partial charge < -0.3 is 10.1 Å². The quantitative estimate of drug-likeness (QED) is 0.561. The van der Waals surface area contributed by atoms with Crippen LogP contribution in [0.3, 0.4) is 0 Å². The Morgan fingerprint density at radius 1 is 1.43 bits per heavy atom. The second kappa shape index (κ2) is 5.01. The number of benzene rings is 1. The van der Waals surface area contributed by atoms with Crippen LogP contribution in [0, 0.1) is 6.07 Å². The molecule has 1 N–H and O–H groups in total. The highest BCUT2D eigenvalue weighted by Gasteiger charge is 2.13. The average molecular weight is 192 g/mol. The molecule has 0 heterocycles. The molecule has 0 saturated heterocycles. The van der Waals surface area contributed by atoms with E-state index in [1.54, 1.807) is 31.2 Å². The summed E-state index contributed by atoms with van der Waals surface area (Å²) in [5.41, 5.74) is 0.543. The molecule has 0 atom stereocenters. The summed E-state index contributed by atoms with van der Waals surface area (Å²) < 4.78 is 4.52. The minimum absolute atomic E-state index is 0.189. The summed E-state index contributed by atoms with van der Waals surface area (Å²) >= 11 is 0. The summed E-state index contributed by atoms with van der Waals surface area (Å²) in [5, 5.41) is 2.39. The second-order valence-corrected chi connectivity index (χ2v) is 2.46. The van der Waals surface area contributed by atoms with Crippen LogP contribution in [0.4, 0.5) is 5.69 Å². The molecule has 1 rings (SSSR count). The fraction of sp³-hybridized carbons (Fsp3) is 0.200. The van der Waals surface area contributed by atoms with E-state index in [0.717, 1.165) is 0 Å². The number of rotatable bonds is 2. The molecule has 0 aliphatic heterocycles. The van der Waals surface area contributed by atoms with Crippen molar-refractivity contribution in [3.05, 3.63) is 30.3 Å². The van der Waals surface area contributed by atoms with Crippen molar-refractivity contribution in [1.82, 2.24) is 0 Å². The van der Waals surface area contributed by atoms with Crippen LogP contribution in [0.2, 0.25) is 0 Å². The lowest BCUT2D eigenvalue weighted by atomic mass is 10.3. The minimum atomic E-state index is -0.875. The van der Waals surface area contributed by atoms with Gasteiger partial charge in [-0.1, -0.05) is 12.1 Å². The summed E-state index contributed by atoms with van der Waals surface area (Å²) in [6, 6.07) is 9.34. The van der Waals surface area contributed by atoms with Gasteiger partial charge in [0.15, 0.2) is 0 Å². The maximum Gasteiger partial charge on any atom is 0.397 e. The van der Waals surface area contributed by atoms with Crippen molar-refractivity contribution in [2.75, 3.05) is 11.9 Å². The molecule has 1 radical (unpaired) electrons. The van der Waals surface area contributed by atoms with Gasteiger partial charge in [-0.05, 0) is 25.1 Å². The van der Waals surface area contributed by atoms with Crippen LogP contribution in [0.25, 0.3) is 0 Å². The highest BCUT2D eigenvalue weighted by Crippen LogP contribution is 2.04. The van der Waals surface area contributed by atoms with Gasteiger partial charge in [-0.25, -0.2) is 4.79 Å². The zero-order valence-electron chi connectivity index (χ0n) is 7.74. The van der Waals surface area contributed by atoms with E-state index in [9.17, 15) is 9.59 Å². The molecule has 0 bridgehead atoms. The molecule has 0 aromatic heterocycles. The molecular formula is C10H10NO3. The predicted octanol–water partition coefficient (Wildman–Crippen LogP) is 0.988. The van der Waals surface area contributed by atoms with Crippen molar-refractivity contribution in [2.45, 2.75) is 6.92 Å². The SMILES string of the molecule is CCOC(=O)C(=O)Nc1cc[c]cc1. The van der Waals surface area contributed by atoms with Crippen molar-refractivity contribution in [1.29, 1.82) is 0 Å². The van der Waals surface area contributed by atoms with E-state index in [0.29, 0.717) is 5.69 Å². The highest BCUT2D eigenvalue weighted by atomic mass is 16.5. The van der Waals surface area contributed by atoms with Gasteiger partial charge in [0.2, 0.25) is 0 Å². The molecule has 1 aromatic rings. The molecule has 1 amide bonds. The number of hydrogen-bond acceptors (Lipinski definition) is 3. The summed E-state index contributed by atoms with van der Waals surface area (Å²) in [5.74, 6) is -1.64. The summed E-state index contributed by atoms with van der Waals surface area (Å²) in [7, 11) is 0. The topological polar surface area (TPSA) is 55.4 Å². The van der Waals surface area contributed by atoms with Gasteiger partial charge in [-0.15, -0.1) is 0 Å². The zero-order valence-corrected chi connectivity index (χ0v) is 7.74. The fourth-order valence-electron chi connectivity index (χ4n) is 0.849. The lowest BCUT2D eigenvalue weighted by Crippen LogP contribution is -2.24. The van der Waals surface area contributed by atoms with Gasteiger partial charge in [-0.3, -0.25) is 4.79 Å². The third-order valence-electron chi connectivity index (χ3n) is 1.44. The number of ether oxygens (including phenoxy) is 1. The predicted molar refractivity (Wildman–Crippen MR) is 50.5 cm³/mol. The van der Waals surface area contributed by atoms with Crippen molar-refractivity contribution in [2.24, 2.45) is 0 Å². The van der Waals surface area contributed by atoms with Crippen LogP contribution in [0.1, 0.15) is 6.92 Å². The Labute approximate surface area is 81.9 Å². The molecule has 73 valence electrons. The van der Waals surface area contributed by atoms with E-state index in [4.69, 9.17) is 0 Å². The lowest BCUT2D eigenvalue weighted by Gasteiger charge is -2.03. The molecule has 1 aromatic carbocycles. The Morgan fingerprint density at radius 3 is 2.64 bits per heavy atom. The first-order valence-corrected chi connectivity index (χ1v) is 4.18. The Hall–Kier alpha value is -1.84. The summed E-state index contributed by atoms with van der Waals surface area (Å²) in [6.45, 7) is 1.83. The van der Waals surface area contributed by atoms with Crippen molar-refractivity contribution in [3.8, 4) is 0 Å². The van der Waals surface area contributed by atoms with Crippen molar-refractivity contribution in [3.63, 3.8) is 0 Å². The average Bonchev–Trinajstić information content (AvgIpc) is 2.19. The highest BCUT2D eigenvalue weighted by molar-refractivity contribution is 6.37. The minimum Gasteiger partial charge on any atom is -0.459 e. The molecule has 0 aliphatic carbocycles. The number of carbonyl (C=O) groups excluding carboxylic acids is 2. The molecule has 0 saturated carbocycles. The number of anilines is 1. The van der Waals surface area contributed by atoms with Gasteiger partial charge in [-0.2, -0.15) is 0 Å². The molecule has 14 heavy (non-hydrogen) atoms. The second-order valence-electron chi connectivity index (χ2n) is 2.46.